The van der Waals surface area contributed by atoms with E-state index in [1.54, 1.807) is 36.4 Å². The van der Waals surface area contributed by atoms with Gasteiger partial charge in [-0.05, 0) is 50.1 Å². The zero-order chi connectivity index (χ0) is 24.1. The SMILES string of the molecule is CCC(C)(C)NC(=O)CN(Cc1ccc2c(c1)OCO2)C(=O)CNS(=O)(=O)c1ccccc1. The van der Waals surface area contributed by atoms with Gasteiger partial charge >= 0.3 is 0 Å². The summed E-state index contributed by atoms with van der Waals surface area (Å²) in [5.41, 5.74) is 0.292. The fourth-order valence-corrected chi connectivity index (χ4v) is 4.12. The second kappa shape index (κ2) is 10.2. The largest absolute Gasteiger partial charge is 0.454 e. The predicted octanol–water partition coefficient (Wildman–Crippen LogP) is 2.03. The van der Waals surface area contributed by atoms with Gasteiger partial charge in [-0.1, -0.05) is 31.2 Å². The first kappa shape index (κ1) is 24.5. The molecule has 0 aliphatic carbocycles. The van der Waals surface area contributed by atoms with E-state index in [-0.39, 0.29) is 30.7 Å². The summed E-state index contributed by atoms with van der Waals surface area (Å²) in [6.07, 6.45) is 0.714. The van der Waals surface area contributed by atoms with Crippen LogP contribution in [0.3, 0.4) is 0 Å². The molecule has 2 N–H and O–H groups in total. The molecule has 10 heteroatoms. The topological polar surface area (TPSA) is 114 Å². The first-order valence-electron chi connectivity index (χ1n) is 10.6. The summed E-state index contributed by atoms with van der Waals surface area (Å²) in [4.78, 5) is 27.0. The van der Waals surface area contributed by atoms with Crippen LogP contribution in [0.2, 0.25) is 0 Å². The van der Waals surface area contributed by atoms with Gasteiger partial charge in [0.2, 0.25) is 28.6 Å². The quantitative estimate of drug-likeness (QED) is 0.544. The summed E-state index contributed by atoms with van der Waals surface area (Å²) in [5.74, 6) is 0.300. The van der Waals surface area contributed by atoms with E-state index >= 15 is 0 Å². The summed E-state index contributed by atoms with van der Waals surface area (Å²) in [6.45, 7) is 5.26. The summed E-state index contributed by atoms with van der Waals surface area (Å²) >= 11 is 0. The van der Waals surface area contributed by atoms with E-state index in [1.807, 2.05) is 20.8 Å². The summed E-state index contributed by atoms with van der Waals surface area (Å²) in [6, 6.07) is 13.0. The van der Waals surface area contributed by atoms with Gasteiger partial charge in [0.05, 0.1) is 18.0 Å². The van der Waals surface area contributed by atoms with E-state index in [1.165, 1.54) is 17.0 Å². The zero-order valence-corrected chi connectivity index (χ0v) is 19.8. The van der Waals surface area contributed by atoms with Crippen LogP contribution in [0, 0.1) is 0 Å². The molecule has 0 unspecified atom stereocenters. The number of carbonyl (C=O) groups excluding carboxylic acids is 2. The Morgan fingerprint density at radius 1 is 1.06 bits per heavy atom. The van der Waals surface area contributed by atoms with Gasteiger partial charge < -0.3 is 19.7 Å². The number of carbonyl (C=O) groups is 2. The molecule has 2 aromatic carbocycles. The Labute approximate surface area is 194 Å². The van der Waals surface area contributed by atoms with Gasteiger partial charge in [0.1, 0.15) is 0 Å². The lowest BCUT2D eigenvalue weighted by Crippen LogP contribution is -2.49. The predicted molar refractivity (Wildman–Crippen MR) is 122 cm³/mol. The number of nitrogens with one attached hydrogen (secondary N) is 2. The summed E-state index contributed by atoms with van der Waals surface area (Å²) in [5, 5.41) is 2.90. The van der Waals surface area contributed by atoms with E-state index in [4.69, 9.17) is 9.47 Å². The molecule has 2 amide bonds. The molecular formula is C23H29N3O6S. The van der Waals surface area contributed by atoms with Crippen LogP contribution in [0.1, 0.15) is 32.8 Å². The highest BCUT2D eigenvalue weighted by Gasteiger charge is 2.24. The lowest BCUT2D eigenvalue weighted by molar-refractivity contribution is -0.136. The van der Waals surface area contributed by atoms with Crippen molar-refractivity contribution in [2.75, 3.05) is 19.9 Å². The van der Waals surface area contributed by atoms with Gasteiger partial charge in [0, 0.05) is 12.1 Å². The molecule has 1 aliphatic rings. The van der Waals surface area contributed by atoms with Crippen molar-refractivity contribution in [3.63, 3.8) is 0 Å². The molecule has 1 heterocycles. The number of hydrogen-bond acceptors (Lipinski definition) is 6. The van der Waals surface area contributed by atoms with Crippen LogP contribution in [-0.4, -0.2) is 50.6 Å². The van der Waals surface area contributed by atoms with Gasteiger partial charge in [0.15, 0.2) is 11.5 Å². The van der Waals surface area contributed by atoms with Crippen LogP contribution in [0.4, 0.5) is 0 Å². The highest BCUT2D eigenvalue weighted by atomic mass is 32.2. The zero-order valence-electron chi connectivity index (χ0n) is 19.0. The van der Waals surface area contributed by atoms with Gasteiger partial charge in [-0.2, -0.15) is 0 Å². The van der Waals surface area contributed by atoms with Crippen LogP contribution in [0.15, 0.2) is 53.4 Å². The molecule has 3 rings (SSSR count). The minimum absolute atomic E-state index is 0.0579. The maximum atomic E-state index is 13.0. The molecule has 0 radical (unpaired) electrons. The number of amides is 2. The van der Waals surface area contributed by atoms with Crippen molar-refractivity contribution < 1.29 is 27.5 Å². The highest BCUT2D eigenvalue weighted by molar-refractivity contribution is 7.89. The van der Waals surface area contributed by atoms with Crippen LogP contribution in [0.5, 0.6) is 11.5 Å². The number of hydrogen-bond donors (Lipinski definition) is 2. The Balaban J connectivity index is 1.73. The molecule has 1 aliphatic heterocycles. The smallest absolute Gasteiger partial charge is 0.241 e. The van der Waals surface area contributed by atoms with Gasteiger partial charge in [0.25, 0.3) is 0 Å². The second-order valence-electron chi connectivity index (χ2n) is 8.36. The molecular weight excluding hydrogens is 446 g/mol. The van der Waals surface area contributed by atoms with Crippen molar-refractivity contribution in [3.8, 4) is 11.5 Å². The molecule has 2 aromatic rings. The molecule has 9 nitrogen and oxygen atoms in total. The minimum atomic E-state index is -3.87. The highest BCUT2D eigenvalue weighted by Crippen LogP contribution is 2.32. The lowest BCUT2D eigenvalue weighted by Gasteiger charge is -2.28. The van der Waals surface area contributed by atoms with Crippen molar-refractivity contribution in [2.24, 2.45) is 0 Å². The monoisotopic (exact) mass is 475 g/mol. The average molecular weight is 476 g/mol. The van der Waals surface area contributed by atoms with Gasteiger partial charge in [-0.3, -0.25) is 9.59 Å². The summed E-state index contributed by atoms with van der Waals surface area (Å²) in [7, 11) is -3.87. The van der Waals surface area contributed by atoms with Crippen molar-refractivity contribution in [1.29, 1.82) is 0 Å². The Morgan fingerprint density at radius 3 is 2.45 bits per heavy atom. The molecule has 0 bridgehead atoms. The van der Waals surface area contributed by atoms with E-state index in [9.17, 15) is 18.0 Å². The van der Waals surface area contributed by atoms with Crippen LogP contribution in [0.25, 0.3) is 0 Å². The Morgan fingerprint density at radius 2 is 1.76 bits per heavy atom. The van der Waals surface area contributed by atoms with E-state index in [2.05, 4.69) is 10.0 Å². The normalized spacial score (nSPS) is 12.9. The molecule has 0 saturated carbocycles. The number of nitrogens with zero attached hydrogens (tertiary/aromatic N) is 1. The Kier molecular flexibility index (Phi) is 7.60. The fraction of sp³-hybridized carbons (Fsp3) is 0.391. The average Bonchev–Trinajstić information content (AvgIpc) is 3.25. The van der Waals surface area contributed by atoms with E-state index < -0.39 is 28.0 Å². The third kappa shape index (κ3) is 6.69. The standard InChI is InChI=1S/C23H29N3O6S/c1-4-23(2,3)25-21(27)15-26(14-17-10-11-19-20(12-17)32-16-31-19)22(28)13-24-33(29,30)18-8-6-5-7-9-18/h5-12,24H,4,13-16H2,1-3H3,(H,25,27). The molecule has 0 saturated heterocycles. The number of benzene rings is 2. The molecule has 178 valence electrons. The van der Waals surface area contributed by atoms with Crippen molar-refractivity contribution >= 4 is 21.8 Å². The molecule has 0 atom stereocenters. The van der Waals surface area contributed by atoms with Crippen molar-refractivity contribution in [3.05, 3.63) is 54.1 Å². The van der Waals surface area contributed by atoms with Crippen LogP contribution >= 0.6 is 0 Å². The minimum Gasteiger partial charge on any atom is -0.454 e. The third-order valence-electron chi connectivity index (χ3n) is 5.33. The number of fused-ring (bicyclic) bond motifs is 1. The number of ether oxygens (including phenoxy) is 2. The molecule has 0 spiro atoms. The fourth-order valence-electron chi connectivity index (χ4n) is 3.12. The molecule has 0 aromatic heterocycles. The lowest BCUT2D eigenvalue weighted by atomic mass is 10.0. The first-order chi connectivity index (χ1) is 15.6. The second-order valence-corrected chi connectivity index (χ2v) is 10.1. The number of rotatable bonds is 10. The Hall–Kier alpha value is -3.11. The van der Waals surface area contributed by atoms with Crippen molar-refractivity contribution in [1.82, 2.24) is 14.9 Å². The number of sulfonamides is 1. The van der Waals surface area contributed by atoms with Crippen molar-refractivity contribution in [2.45, 2.75) is 44.2 Å². The maximum Gasteiger partial charge on any atom is 0.241 e. The van der Waals surface area contributed by atoms with E-state index in [0.29, 0.717) is 17.9 Å². The van der Waals surface area contributed by atoms with E-state index in [0.717, 1.165) is 5.56 Å². The third-order valence-corrected chi connectivity index (χ3v) is 6.74. The first-order valence-corrected chi connectivity index (χ1v) is 12.1. The maximum absolute atomic E-state index is 13.0. The van der Waals surface area contributed by atoms with Crippen LogP contribution in [-0.2, 0) is 26.2 Å². The van der Waals surface area contributed by atoms with Gasteiger partial charge in [-0.15, -0.1) is 0 Å². The Bertz CT molecular complexity index is 1100. The molecule has 0 fully saturated rings. The van der Waals surface area contributed by atoms with Crippen LogP contribution < -0.4 is 19.5 Å². The molecule has 33 heavy (non-hydrogen) atoms. The van der Waals surface area contributed by atoms with Gasteiger partial charge in [-0.25, -0.2) is 13.1 Å². The summed E-state index contributed by atoms with van der Waals surface area (Å²) < 4.78 is 38.0.